The minimum absolute atomic E-state index is 0.177. The summed E-state index contributed by atoms with van der Waals surface area (Å²) in [6.45, 7) is 6.87. The number of nitrogens with zero attached hydrogens (tertiary/aromatic N) is 1. The lowest BCUT2D eigenvalue weighted by molar-refractivity contribution is -0.929. The van der Waals surface area contributed by atoms with Crippen molar-refractivity contribution in [1.29, 1.82) is 0 Å². The predicted octanol–water partition coefficient (Wildman–Crippen LogP) is 3.42. The minimum atomic E-state index is -0.303. The zero-order valence-electron chi connectivity index (χ0n) is 16.4. The molecule has 0 aromatic heterocycles. The Morgan fingerprint density at radius 3 is 2.54 bits per heavy atom. The first kappa shape index (κ1) is 18.0. The van der Waals surface area contributed by atoms with Gasteiger partial charge in [0.1, 0.15) is 5.75 Å². The van der Waals surface area contributed by atoms with E-state index < -0.39 is 0 Å². The molecular weight excluding hydrogens is 370 g/mol. The van der Waals surface area contributed by atoms with Crippen molar-refractivity contribution in [3.8, 4) is 5.75 Å². The Balaban J connectivity index is 1.51. The summed E-state index contributed by atoms with van der Waals surface area (Å²) in [5.74, 6) is 1.02. The normalized spacial score (nSPS) is 29.1. The molecule has 0 bridgehead atoms. The summed E-state index contributed by atoms with van der Waals surface area (Å²) in [6, 6.07) is 17.3. The number of halogens is 1. The fourth-order valence-corrected chi connectivity index (χ4v) is 4.92. The van der Waals surface area contributed by atoms with Crippen molar-refractivity contribution in [3.05, 3.63) is 70.8 Å². The summed E-state index contributed by atoms with van der Waals surface area (Å²) >= 11 is 6.09. The first-order valence-electron chi connectivity index (χ1n) is 10.2. The van der Waals surface area contributed by atoms with E-state index >= 15 is 0 Å². The average Bonchev–Trinajstić information content (AvgIpc) is 3.16. The molecule has 1 spiro atoms. The van der Waals surface area contributed by atoms with Crippen LogP contribution in [0.5, 0.6) is 5.75 Å². The number of piperidine rings is 1. The van der Waals surface area contributed by atoms with E-state index in [0.717, 1.165) is 48.0 Å². The predicted molar refractivity (Wildman–Crippen MR) is 112 cm³/mol. The monoisotopic (exact) mass is 396 g/mol. The van der Waals surface area contributed by atoms with Crippen LogP contribution in [0.15, 0.2) is 54.6 Å². The van der Waals surface area contributed by atoms with Gasteiger partial charge in [-0.05, 0) is 43.7 Å². The van der Waals surface area contributed by atoms with Gasteiger partial charge in [-0.1, -0.05) is 41.9 Å². The van der Waals surface area contributed by atoms with Crippen molar-refractivity contribution in [2.24, 2.45) is 0 Å². The van der Waals surface area contributed by atoms with Gasteiger partial charge in [0, 0.05) is 10.6 Å². The van der Waals surface area contributed by atoms with E-state index in [0.29, 0.717) is 6.04 Å². The maximum absolute atomic E-state index is 6.70. The highest BCUT2D eigenvalue weighted by atomic mass is 35.5. The van der Waals surface area contributed by atoms with Gasteiger partial charge in [0.05, 0.1) is 43.7 Å². The number of nitrogens with one attached hydrogen (secondary N) is 2. The van der Waals surface area contributed by atoms with Crippen LogP contribution in [-0.4, -0.2) is 29.9 Å². The fourth-order valence-electron chi connectivity index (χ4n) is 4.80. The summed E-state index contributed by atoms with van der Waals surface area (Å²) < 4.78 is 6.70. The third-order valence-electron chi connectivity index (χ3n) is 6.47. The van der Waals surface area contributed by atoms with Crippen molar-refractivity contribution >= 4 is 17.3 Å². The van der Waals surface area contributed by atoms with Crippen LogP contribution in [-0.2, 0) is 0 Å². The lowest BCUT2D eigenvalue weighted by atomic mass is 9.92. The van der Waals surface area contributed by atoms with Gasteiger partial charge in [-0.2, -0.15) is 5.01 Å². The van der Waals surface area contributed by atoms with E-state index in [2.05, 4.69) is 66.8 Å². The van der Waals surface area contributed by atoms with Crippen molar-refractivity contribution in [1.82, 2.24) is 10.4 Å². The molecule has 3 aliphatic rings. The van der Waals surface area contributed by atoms with Crippen LogP contribution in [0, 0.1) is 0 Å². The Labute approximate surface area is 171 Å². The first-order valence-corrected chi connectivity index (χ1v) is 10.6. The molecule has 2 aromatic rings. The highest BCUT2D eigenvalue weighted by Gasteiger charge is 2.52. The van der Waals surface area contributed by atoms with Gasteiger partial charge in [-0.3, -0.25) is 0 Å². The van der Waals surface area contributed by atoms with Crippen molar-refractivity contribution < 1.29 is 9.64 Å². The van der Waals surface area contributed by atoms with E-state index in [-0.39, 0.29) is 11.8 Å². The van der Waals surface area contributed by atoms with Crippen LogP contribution < -0.4 is 15.1 Å². The summed E-state index contributed by atoms with van der Waals surface area (Å²) in [7, 11) is 0. The molecule has 0 amide bonds. The number of rotatable bonds is 2. The number of likely N-dealkylation sites (tertiary alicyclic amines) is 1. The molecule has 1 saturated heterocycles. The molecule has 4 nitrogen and oxygen atoms in total. The standard InChI is InChI=1S/C23H26ClN3O/c1-16(2)26-13-11-23(12-14-26)27-21(19-5-3-4-6-22(19)28-23)15-20(25-27)17-7-9-18(24)10-8-17/h3-10,15-16,21,25H,11-14H2,1-2H3/p+1/t21-/m0/s1. The zero-order valence-corrected chi connectivity index (χ0v) is 17.2. The Kier molecular flexibility index (Phi) is 4.38. The highest BCUT2D eigenvalue weighted by Crippen LogP contribution is 2.47. The molecule has 0 saturated carbocycles. The number of quaternary nitrogens is 1. The number of benzene rings is 2. The summed E-state index contributed by atoms with van der Waals surface area (Å²) in [4.78, 5) is 1.66. The lowest BCUT2D eigenvalue weighted by Gasteiger charge is -2.51. The fraction of sp³-hybridized carbons (Fsp3) is 0.391. The van der Waals surface area contributed by atoms with Crippen LogP contribution in [0.1, 0.15) is 43.9 Å². The van der Waals surface area contributed by atoms with Crippen LogP contribution in [0.25, 0.3) is 5.70 Å². The Morgan fingerprint density at radius 2 is 1.82 bits per heavy atom. The zero-order chi connectivity index (χ0) is 19.3. The Hall–Kier alpha value is -2.01. The molecule has 146 valence electrons. The average molecular weight is 397 g/mol. The SMILES string of the molecule is CC(C)[NH+]1CCC2(CC1)Oc1ccccc1[C@@H]1C=C(c3ccc(Cl)cc3)NN12. The quantitative estimate of drug-likeness (QED) is 0.815. The van der Waals surface area contributed by atoms with E-state index in [1.807, 2.05) is 12.1 Å². The lowest BCUT2D eigenvalue weighted by Crippen LogP contribution is -3.16. The third kappa shape index (κ3) is 2.91. The van der Waals surface area contributed by atoms with Gasteiger partial charge >= 0.3 is 0 Å². The molecule has 2 aromatic carbocycles. The molecule has 1 atom stereocenters. The van der Waals surface area contributed by atoms with Crippen LogP contribution in [0.3, 0.4) is 0 Å². The molecule has 5 rings (SSSR count). The van der Waals surface area contributed by atoms with Gasteiger partial charge in [0.15, 0.2) is 5.72 Å². The second-order valence-electron chi connectivity index (χ2n) is 8.41. The van der Waals surface area contributed by atoms with Crippen molar-refractivity contribution in [2.45, 2.75) is 44.5 Å². The van der Waals surface area contributed by atoms with E-state index in [4.69, 9.17) is 16.3 Å². The van der Waals surface area contributed by atoms with Gasteiger partial charge in [-0.15, -0.1) is 0 Å². The number of hydrogen-bond donors (Lipinski definition) is 2. The van der Waals surface area contributed by atoms with Gasteiger partial charge in [0.25, 0.3) is 0 Å². The molecule has 0 aliphatic carbocycles. The van der Waals surface area contributed by atoms with Crippen molar-refractivity contribution in [3.63, 3.8) is 0 Å². The van der Waals surface area contributed by atoms with Crippen LogP contribution >= 0.6 is 11.6 Å². The topological polar surface area (TPSA) is 28.9 Å². The molecule has 3 heterocycles. The third-order valence-corrected chi connectivity index (χ3v) is 6.72. The van der Waals surface area contributed by atoms with Gasteiger partial charge in [0.2, 0.25) is 0 Å². The van der Waals surface area contributed by atoms with Crippen LogP contribution in [0.4, 0.5) is 0 Å². The summed E-state index contributed by atoms with van der Waals surface area (Å²) in [6.07, 6.45) is 4.36. The minimum Gasteiger partial charge on any atom is -0.470 e. The number of hydrazine groups is 1. The molecule has 5 heteroatoms. The second kappa shape index (κ2) is 6.80. The van der Waals surface area contributed by atoms with Crippen molar-refractivity contribution in [2.75, 3.05) is 13.1 Å². The van der Waals surface area contributed by atoms with Gasteiger partial charge in [-0.25, -0.2) is 0 Å². The highest BCUT2D eigenvalue weighted by molar-refractivity contribution is 6.30. The molecule has 3 aliphatic heterocycles. The maximum Gasteiger partial charge on any atom is 0.191 e. The van der Waals surface area contributed by atoms with Crippen LogP contribution in [0.2, 0.25) is 5.02 Å². The first-order chi connectivity index (χ1) is 13.6. The van der Waals surface area contributed by atoms with E-state index in [1.54, 1.807) is 4.90 Å². The Morgan fingerprint density at radius 1 is 1.11 bits per heavy atom. The molecule has 0 radical (unpaired) electrons. The second-order valence-corrected chi connectivity index (χ2v) is 8.85. The molecule has 1 fully saturated rings. The largest absolute Gasteiger partial charge is 0.470 e. The molecule has 28 heavy (non-hydrogen) atoms. The maximum atomic E-state index is 6.70. The Bertz CT molecular complexity index is 900. The van der Waals surface area contributed by atoms with Gasteiger partial charge < -0.3 is 15.1 Å². The molecule has 2 N–H and O–H groups in total. The number of para-hydroxylation sites is 1. The number of hydrogen-bond acceptors (Lipinski definition) is 3. The molecular formula is C23H27ClN3O+. The van der Waals surface area contributed by atoms with E-state index in [1.165, 1.54) is 5.56 Å². The molecule has 0 unspecified atom stereocenters. The number of fused-ring (bicyclic) bond motifs is 4. The summed E-state index contributed by atoms with van der Waals surface area (Å²) in [5, 5.41) is 3.12. The summed E-state index contributed by atoms with van der Waals surface area (Å²) in [5.41, 5.74) is 6.89. The smallest absolute Gasteiger partial charge is 0.191 e. The van der Waals surface area contributed by atoms with E-state index in [9.17, 15) is 0 Å². The number of ether oxygens (including phenoxy) is 1.